The van der Waals surface area contributed by atoms with E-state index in [2.05, 4.69) is 10.4 Å². The summed E-state index contributed by atoms with van der Waals surface area (Å²) in [7, 11) is 0. The van der Waals surface area contributed by atoms with Crippen molar-refractivity contribution in [2.24, 2.45) is 0 Å². The summed E-state index contributed by atoms with van der Waals surface area (Å²) >= 11 is 0. The van der Waals surface area contributed by atoms with Crippen LogP contribution in [0.25, 0.3) is 0 Å². The van der Waals surface area contributed by atoms with E-state index < -0.39 is 11.7 Å². The number of anilines is 1. The van der Waals surface area contributed by atoms with Crippen LogP contribution in [0.5, 0.6) is 0 Å². The van der Waals surface area contributed by atoms with Gasteiger partial charge in [0.15, 0.2) is 5.82 Å². The molecule has 26 heavy (non-hydrogen) atoms. The number of nitrogens with zero attached hydrogens (tertiary/aromatic N) is 4. The molecule has 9 nitrogen and oxygen atoms in total. The first-order chi connectivity index (χ1) is 12.6. The van der Waals surface area contributed by atoms with Crippen LogP contribution in [0, 0.1) is 0 Å². The normalized spacial score (nSPS) is 19.0. The molecule has 1 fully saturated rings. The quantitative estimate of drug-likeness (QED) is 0.831. The van der Waals surface area contributed by atoms with E-state index in [9.17, 15) is 14.4 Å². The Kier molecular flexibility index (Phi) is 4.29. The first-order valence-corrected chi connectivity index (χ1v) is 8.57. The molecule has 1 unspecified atom stereocenters. The van der Waals surface area contributed by atoms with Crippen molar-refractivity contribution < 1.29 is 14.3 Å². The van der Waals surface area contributed by atoms with Crippen molar-refractivity contribution in [1.82, 2.24) is 19.7 Å². The number of ether oxygens (including phenoxy) is 1. The molecular formula is C17H19N5O4. The van der Waals surface area contributed by atoms with Gasteiger partial charge < -0.3 is 10.1 Å². The van der Waals surface area contributed by atoms with Gasteiger partial charge in [-0.2, -0.15) is 9.67 Å². The molecule has 136 valence electrons. The van der Waals surface area contributed by atoms with Gasteiger partial charge >= 0.3 is 11.7 Å². The number of carbonyl (C=O) groups excluding carboxylic acids is 2. The summed E-state index contributed by atoms with van der Waals surface area (Å²) in [6, 6.07) is 8.62. The molecule has 3 heterocycles. The maximum atomic E-state index is 12.5. The number of aromatic nitrogens is 3. The molecule has 0 spiro atoms. The highest BCUT2D eigenvalue weighted by Crippen LogP contribution is 2.21. The fourth-order valence-electron chi connectivity index (χ4n) is 3.21. The lowest BCUT2D eigenvalue weighted by Gasteiger charge is -2.14. The Morgan fingerprint density at radius 2 is 2.08 bits per heavy atom. The Hall–Kier alpha value is -2.94. The Bertz CT molecular complexity index is 882. The predicted molar refractivity (Wildman–Crippen MR) is 91.9 cm³/mol. The summed E-state index contributed by atoms with van der Waals surface area (Å²) in [5.41, 5.74) is 0.0963. The summed E-state index contributed by atoms with van der Waals surface area (Å²) in [6.07, 6.45) is 1.94. The zero-order valence-electron chi connectivity index (χ0n) is 14.1. The van der Waals surface area contributed by atoms with Gasteiger partial charge in [0.25, 0.3) is 0 Å². The van der Waals surface area contributed by atoms with Crippen LogP contribution in [0.1, 0.15) is 18.7 Å². The number of rotatable bonds is 5. The van der Waals surface area contributed by atoms with Gasteiger partial charge in [0, 0.05) is 18.8 Å². The lowest BCUT2D eigenvalue weighted by atomic mass is 10.2. The number of carbonyl (C=O) groups is 2. The van der Waals surface area contributed by atoms with Gasteiger partial charge in [-0.05, 0) is 25.0 Å². The van der Waals surface area contributed by atoms with Gasteiger partial charge in [0.2, 0.25) is 5.91 Å². The SMILES string of the molecule is O=C(Cn1nc2n(c1=O)C(=O)N(c1ccccc1)C2)NCC1CCCO1. The zero-order valence-corrected chi connectivity index (χ0v) is 14.1. The maximum Gasteiger partial charge on any atom is 0.354 e. The van der Waals surface area contributed by atoms with Crippen LogP contribution in [0.15, 0.2) is 35.1 Å². The summed E-state index contributed by atoms with van der Waals surface area (Å²) in [5, 5.41) is 6.89. The fourth-order valence-corrected chi connectivity index (χ4v) is 3.21. The van der Waals surface area contributed by atoms with Crippen LogP contribution < -0.4 is 15.9 Å². The van der Waals surface area contributed by atoms with Crippen LogP contribution in [0.2, 0.25) is 0 Å². The topological polar surface area (TPSA) is 98.5 Å². The average molecular weight is 357 g/mol. The molecular weight excluding hydrogens is 338 g/mol. The Balaban J connectivity index is 1.44. The molecule has 2 aromatic rings. The van der Waals surface area contributed by atoms with E-state index in [1.165, 1.54) is 4.90 Å². The van der Waals surface area contributed by atoms with Crippen molar-refractivity contribution >= 4 is 17.6 Å². The Morgan fingerprint density at radius 1 is 1.27 bits per heavy atom. The Morgan fingerprint density at radius 3 is 2.77 bits per heavy atom. The standard InChI is InChI=1S/C17H19N5O4/c23-15(18-9-13-7-4-8-26-13)11-21-17(25)22-14(19-21)10-20(16(22)24)12-5-2-1-3-6-12/h1-3,5-6,13H,4,7-11H2,(H,18,23). The molecule has 4 rings (SSSR count). The molecule has 0 saturated carbocycles. The van der Waals surface area contributed by atoms with Crippen LogP contribution in [0.3, 0.4) is 0 Å². The minimum absolute atomic E-state index is 0.0312. The first-order valence-electron chi connectivity index (χ1n) is 8.57. The van der Waals surface area contributed by atoms with Crippen molar-refractivity contribution in [3.63, 3.8) is 0 Å². The van der Waals surface area contributed by atoms with E-state index in [1.54, 1.807) is 12.1 Å². The molecule has 2 amide bonds. The van der Waals surface area contributed by atoms with E-state index in [4.69, 9.17) is 4.74 Å². The second-order valence-electron chi connectivity index (χ2n) is 6.34. The minimum Gasteiger partial charge on any atom is -0.376 e. The van der Waals surface area contributed by atoms with Crippen molar-refractivity contribution in [3.05, 3.63) is 46.6 Å². The number of benzene rings is 1. The van der Waals surface area contributed by atoms with Gasteiger partial charge in [-0.25, -0.2) is 14.3 Å². The monoisotopic (exact) mass is 357 g/mol. The third-order valence-electron chi connectivity index (χ3n) is 4.54. The molecule has 0 radical (unpaired) electrons. The van der Waals surface area contributed by atoms with Gasteiger partial charge in [0.1, 0.15) is 6.54 Å². The zero-order chi connectivity index (χ0) is 18.1. The second kappa shape index (κ2) is 6.75. The van der Waals surface area contributed by atoms with Gasteiger partial charge in [0.05, 0.1) is 12.6 Å². The molecule has 1 atom stereocenters. The number of amides is 2. The van der Waals surface area contributed by atoms with Gasteiger partial charge in [-0.1, -0.05) is 18.2 Å². The summed E-state index contributed by atoms with van der Waals surface area (Å²) < 4.78 is 7.48. The molecule has 0 bridgehead atoms. The van der Waals surface area contributed by atoms with Crippen LogP contribution in [-0.4, -0.2) is 45.5 Å². The molecule has 1 aromatic carbocycles. The lowest BCUT2D eigenvalue weighted by Crippen LogP contribution is -2.39. The highest BCUT2D eigenvalue weighted by molar-refractivity contribution is 5.96. The molecule has 2 aliphatic rings. The fraction of sp³-hybridized carbons (Fsp3) is 0.412. The van der Waals surface area contributed by atoms with E-state index >= 15 is 0 Å². The summed E-state index contributed by atoms with van der Waals surface area (Å²) in [5.74, 6) is 0.00233. The second-order valence-corrected chi connectivity index (χ2v) is 6.34. The van der Waals surface area contributed by atoms with Crippen molar-refractivity contribution in [1.29, 1.82) is 0 Å². The number of hydrogen-bond donors (Lipinski definition) is 1. The largest absolute Gasteiger partial charge is 0.376 e. The van der Waals surface area contributed by atoms with E-state index in [1.807, 2.05) is 18.2 Å². The molecule has 2 aliphatic heterocycles. The summed E-state index contributed by atoms with van der Waals surface area (Å²) in [6.45, 7) is 1.11. The maximum absolute atomic E-state index is 12.5. The van der Waals surface area contributed by atoms with Gasteiger partial charge in [-0.3, -0.25) is 9.69 Å². The third kappa shape index (κ3) is 3.01. The van der Waals surface area contributed by atoms with Crippen LogP contribution in [-0.2, 0) is 22.6 Å². The molecule has 0 aliphatic carbocycles. The summed E-state index contributed by atoms with van der Waals surface area (Å²) in [4.78, 5) is 38.5. The van der Waals surface area contributed by atoms with Crippen molar-refractivity contribution in [2.45, 2.75) is 32.0 Å². The number of nitrogens with one attached hydrogen (secondary N) is 1. The number of para-hydroxylation sites is 1. The van der Waals surface area contributed by atoms with E-state index in [-0.39, 0.29) is 25.1 Å². The Labute approximate surface area is 149 Å². The molecule has 1 aromatic heterocycles. The first kappa shape index (κ1) is 16.5. The average Bonchev–Trinajstić information content (AvgIpc) is 3.34. The molecule has 1 N–H and O–H groups in total. The van der Waals surface area contributed by atoms with Crippen LogP contribution in [0.4, 0.5) is 10.5 Å². The highest BCUT2D eigenvalue weighted by atomic mass is 16.5. The third-order valence-corrected chi connectivity index (χ3v) is 4.54. The predicted octanol–water partition coefficient (Wildman–Crippen LogP) is 0.328. The van der Waals surface area contributed by atoms with E-state index in [0.29, 0.717) is 24.7 Å². The highest BCUT2D eigenvalue weighted by Gasteiger charge is 2.33. The van der Waals surface area contributed by atoms with E-state index in [0.717, 1.165) is 22.1 Å². The lowest BCUT2D eigenvalue weighted by molar-refractivity contribution is -0.122. The number of hydrogen-bond acceptors (Lipinski definition) is 5. The van der Waals surface area contributed by atoms with Crippen LogP contribution >= 0.6 is 0 Å². The minimum atomic E-state index is -0.601. The van der Waals surface area contributed by atoms with Gasteiger partial charge in [-0.15, -0.1) is 0 Å². The smallest absolute Gasteiger partial charge is 0.354 e. The van der Waals surface area contributed by atoms with Crippen molar-refractivity contribution in [2.75, 3.05) is 18.1 Å². The number of fused-ring (bicyclic) bond motifs is 1. The van der Waals surface area contributed by atoms with Crippen molar-refractivity contribution in [3.8, 4) is 0 Å². The molecule has 9 heteroatoms. The molecule has 1 saturated heterocycles.